The Labute approximate surface area is 107 Å². The number of nitriles is 1. The Bertz CT molecular complexity index is 458. The van der Waals surface area contributed by atoms with Gasteiger partial charge in [-0.15, -0.1) is 0 Å². The van der Waals surface area contributed by atoms with Gasteiger partial charge in [-0.1, -0.05) is 12.1 Å². The average Bonchev–Trinajstić information content (AvgIpc) is 3.21. The third kappa shape index (κ3) is 3.01. The van der Waals surface area contributed by atoms with Crippen LogP contribution < -0.4 is 4.74 Å². The van der Waals surface area contributed by atoms with Gasteiger partial charge in [0, 0.05) is 6.04 Å². The number of rotatable bonds is 5. The van der Waals surface area contributed by atoms with Gasteiger partial charge in [0.15, 0.2) is 0 Å². The van der Waals surface area contributed by atoms with Crippen LogP contribution in [0.2, 0.25) is 0 Å². The van der Waals surface area contributed by atoms with Crippen molar-refractivity contribution in [1.82, 2.24) is 4.90 Å². The highest BCUT2D eigenvalue weighted by Gasteiger charge is 2.32. The number of amides is 1. The van der Waals surface area contributed by atoms with Crippen LogP contribution in [0.4, 0.5) is 0 Å². The Morgan fingerprint density at radius 2 is 2.11 bits per heavy atom. The Hall–Kier alpha value is -2.02. The molecule has 0 heterocycles. The molecule has 1 fully saturated rings. The lowest BCUT2D eigenvalue weighted by molar-refractivity contribution is -0.130. The molecule has 0 aliphatic heterocycles. The second-order valence-corrected chi connectivity index (χ2v) is 4.44. The van der Waals surface area contributed by atoms with Crippen LogP contribution in [0.15, 0.2) is 24.3 Å². The average molecular weight is 244 g/mol. The fourth-order valence-corrected chi connectivity index (χ4v) is 1.90. The fourth-order valence-electron chi connectivity index (χ4n) is 1.90. The van der Waals surface area contributed by atoms with Gasteiger partial charge in [0.25, 0.3) is 0 Å². The predicted molar refractivity (Wildman–Crippen MR) is 67.0 cm³/mol. The number of carbonyl (C=O) groups is 1. The SMILES string of the molecule is COc1ccc(CC(=O)N(CC#N)C2CC2)cc1. The maximum atomic E-state index is 12.1. The lowest BCUT2D eigenvalue weighted by atomic mass is 10.1. The first-order chi connectivity index (χ1) is 8.74. The van der Waals surface area contributed by atoms with Crippen LogP contribution in [-0.4, -0.2) is 30.5 Å². The molecule has 94 valence electrons. The third-order valence-corrected chi connectivity index (χ3v) is 3.06. The quantitative estimate of drug-likeness (QED) is 0.741. The maximum Gasteiger partial charge on any atom is 0.228 e. The normalized spacial score (nSPS) is 13.8. The molecule has 18 heavy (non-hydrogen) atoms. The summed E-state index contributed by atoms with van der Waals surface area (Å²) in [4.78, 5) is 13.8. The summed E-state index contributed by atoms with van der Waals surface area (Å²) in [6.45, 7) is 0.194. The van der Waals surface area contributed by atoms with Crippen molar-refractivity contribution >= 4 is 5.91 Å². The highest BCUT2D eigenvalue weighted by Crippen LogP contribution is 2.27. The van der Waals surface area contributed by atoms with Crippen LogP contribution in [0.1, 0.15) is 18.4 Å². The second-order valence-electron chi connectivity index (χ2n) is 4.44. The molecular formula is C14H16N2O2. The third-order valence-electron chi connectivity index (χ3n) is 3.06. The zero-order valence-electron chi connectivity index (χ0n) is 10.4. The van der Waals surface area contributed by atoms with Gasteiger partial charge >= 0.3 is 0 Å². The summed E-state index contributed by atoms with van der Waals surface area (Å²) in [6, 6.07) is 9.80. The van der Waals surface area contributed by atoms with Gasteiger partial charge in [-0.25, -0.2) is 0 Å². The van der Waals surface area contributed by atoms with Crippen molar-refractivity contribution in [3.8, 4) is 11.8 Å². The van der Waals surface area contributed by atoms with E-state index in [1.807, 2.05) is 24.3 Å². The molecule has 1 aliphatic carbocycles. The summed E-state index contributed by atoms with van der Waals surface area (Å²) in [6.07, 6.45) is 2.40. The van der Waals surface area contributed by atoms with E-state index in [2.05, 4.69) is 6.07 Å². The van der Waals surface area contributed by atoms with Gasteiger partial charge in [0.2, 0.25) is 5.91 Å². The highest BCUT2D eigenvalue weighted by molar-refractivity contribution is 5.79. The molecular weight excluding hydrogens is 228 g/mol. The van der Waals surface area contributed by atoms with Crippen molar-refractivity contribution in [2.75, 3.05) is 13.7 Å². The minimum atomic E-state index is 0.0317. The van der Waals surface area contributed by atoms with Gasteiger partial charge in [-0.05, 0) is 30.5 Å². The molecule has 1 amide bonds. The van der Waals surface area contributed by atoms with E-state index in [4.69, 9.17) is 10.00 Å². The van der Waals surface area contributed by atoms with E-state index in [-0.39, 0.29) is 18.5 Å². The number of ether oxygens (including phenoxy) is 1. The number of hydrogen-bond acceptors (Lipinski definition) is 3. The summed E-state index contributed by atoms with van der Waals surface area (Å²) < 4.78 is 5.07. The van der Waals surface area contributed by atoms with Crippen LogP contribution in [0.5, 0.6) is 5.75 Å². The maximum absolute atomic E-state index is 12.1. The van der Waals surface area contributed by atoms with Crippen molar-refractivity contribution in [3.63, 3.8) is 0 Å². The smallest absolute Gasteiger partial charge is 0.228 e. The molecule has 2 rings (SSSR count). The van der Waals surface area contributed by atoms with Crippen LogP contribution in [-0.2, 0) is 11.2 Å². The molecule has 0 radical (unpaired) electrons. The molecule has 0 bridgehead atoms. The van der Waals surface area contributed by atoms with E-state index in [0.29, 0.717) is 6.42 Å². The van der Waals surface area contributed by atoms with E-state index >= 15 is 0 Å². The van der Waals surface area contributed by atoms with E-state index in [1.165, 1.54) is 0 Å². The molecule has 0 aromatic heterocycles. The number of hydrogen-bond donors (Lipinski definition) is 0. The highest BCUT2D eigenvalue weighted by atomic mass is 16.5. The Kier molecular flexibility index (Phi) is 3.83. The molecule has 4 heteroatoms. The van der Waals surface area contributed by atoms with Crippen LogP contribution >= 0.6 is 0 Å². The van der Waals surface area contributed by atoms with E-state index in [0.717, 1.165) is 24.2 Å². The first-order valence-electron chi connectivity index (χ1n) is 6.04. The lowest BCUT2D eigenvalue weighted by Crippen LogP contribution is -2.34. The van der Waals surface area contributed by atoms with E-state index in [9.17, 15) is 4.79 Å². The topological polar surface area (TPSA) is 53.3 Å². The fraction of sp³-hybridized carbons (Fsp3) is 0.429. The zero-order chi connectivity index (χ0) is 13.0. The number of carbonyl (C=O) groups excluding carboxylic acids is 1. The van der Waals surface area contributed by atoms with Gasteiger partial charge in [-0.2, -0.15) is 5.26 Å². The van der Waals surface area contributed by atoms with Crippen molar-refractivity contribution in [1.29, 1.82) is 5.26 Å². The van der Waals surface area contributed by atoms with Gasteiger partial charge < -0.3 is 9.64 Å². The minimum absolute atomic E-state index is 0.0317. The first kappa shape index (κ1) is 12.4. The Morgan fingerprint density at radius 3 is 2.61 bits per heavy atom. The van der Waals surface area contributed by atoms with Gasteiger partial charge in [0.05, 0.1) is 19.6 Å². The molecule has 1 saturated carbocycles. The number of nitrogens with zero attached hydrogens (tertiary/aromatic N) is 2. The van der Waals surface area contributed by atoms with E-state index < -0.39 is 0 Å². The van der Waals surface area contributed by atoms with Crippen LogP contribution in [0.3, 0.4) is 0 Å². The van der Waals surface area contributed by atoms with Crippen molar-refractivity contribution in [2.45, 2.75) is 25.3 Å². The van der Waals surface area contributed by atoms with Crippen LogP contribution in [0, 0.1) is 11.3 Å². The lowest BCUT2D eigenvalue weighted by Gasteiger charge is -2.18. The molecule has 0 spiro atoms. The first-order valence-corrected chi connectivity index (χ1v) is 6.04. The molecule has 1 aromatic rings. The van der Waals surface area contributed by atoms with Crippen molar-refractivity contribution in [3.05, 3.63) is 29.8 Å². The molecule has 0 N–H and O–H groups in total. The van der Waals surface area contributed by atoms with E-state index in [1.54, 1.807) is 12.0 Å². The largest absolute Gasteiger partial charge is 0.497 e. The molecule has 0 saturated heterocycles. The number of methoxy groups -OCH3 is 1. The predicted octanol–water partition coefficient (Wildman–Crippen LogP) is 1.75. The molecule has 0 atom stereocenters. The summed E-state index contributed by atoms with van der Waals surface area (Å²) in [7, 11) is 1.61. The van der Waals surface area contributed by atoms with Gasteiger partial charge in [0.1, 0.15) is 12.3 Å². The Morgan fingerprint density at radius 1 is 1.44 bits per heavy atom. The van der Waals surface area contributed by atoms with Crippen molar-refractivity contribution < 1.29 is 9.53 Å². The summed E-state index contributed by atoms with van der Waals surface area (Å²) in [5.41, 5.74) is 0.949. The summed E-state index contributed by atoms with van der Waals surface area (Å²) >= 11 is 0. The summed E-state index contributed by atoms with van der Waals surface area (Å²) in [5.74, 6) is 0.812. The zero-order valence-corrected chi connectivity index (χ0v) is 10.4. The van der Waals surface area contributed by atoms with Crippen LogP contribution in [0.25, 0.3) is 0 Å². The standard InChI is InChI=1S/C14H16N2O2/c1-18-13-6-2-11(3-7-13)10-14(17)16(9-8-15)12-4-5-12/h2-3,6-7,12H,4-5,9-10H2,1H3. The molecule has 4 nitrogen and oxygen atoms in total. The number of benzene rings is 1. The molecule has 0 unspecified atom stereocenters. The second kappa shape index (κ2) is 5.54. The van der Waals surface area contributed by atoms with Crippen molar-refractivity contribution in [2.24, 2.45) is 0 Å². The molecule has 1 aromatic carbocycles. The molecule has 1 aliphatic rings. The monoisotopic (exact) mass is 244 g/mol. The minimum Gasteiger partial charge on any atom is -0.497 e. The Balaban J connectivity index is 1.98. The van der Waals surface area contributed by atoms with Gasteiger partial charge in [-0.3, -0.25) is 4.79 Å². The summed E-state index contributed by atoms with van der Waals surface area (Å²) in [5, 5.41) is 8.74.